The smallest absolute Gasteiger partial charge is 0.0460 e. The number of aliphatic hydroxyl groups excluding tert-OH is 1. The van der Waals surface area contributed by atoms with Gasteiger partial charge in [-0.1, -0.05) is 25.7 Å². The van der Waals surface area contributed by atoms with Crippen LogP contribution in [0.5, 0.6) is 0 Å². The molecule has 0 radical (unpaired) electrons. The van der Waals surface area contributed by atoms with Gasteiger partial charge < -0.3 is 10.0 Å². The minimum absolute atomic E-state index is 0.401. The molecule has 0 aromatic rings. The number of likely N-dealkylation sites (tertiary alicyclic amines) is 1. The van der Waals surface area contributed by atoms with Crippen LogP contribution in [-0.4, -0.2) is 35.7 Å². The molecule has 0 bridgehead atoms. The van der Waals surface area contributed by atoms with Crippen LogP contribution in [0.2, 0.25) is 0 Å². The van der Waals surface area contributed by atoms with E-state index in [1.54, 1.807) is 0 Å². The lowest BCUT2D eigenvalue weighted by molar-refractivity contribution is 0.0936. The maximum atomic E-state index is 9.11. The Morgan fingerprint density at radius 1 is 0.867 bits per heavy atom. The topological polar surface area (TPSA) is 23.5 Å². The average molecular weight is 211 g/mol. The Hall–Kier alpha value is -0.0800. The maximum Gasteiger partial charge on any atom is 0.0460 e. The third-order valence-electron chi connectivity index (χ3n) is 4.25. The number of hydrogen-bond acceptors (Lipinski definition) is 2. The number of piperidine rings is 1. The first-order valence-corrected chi connectivity index (χ1v) is 6.75. The van der Waals surface area contributed by atoms with Crippen molar-refractivity contribution < 1.29 is 5.11 Å². The summed E-state index contributed by atoms with van der Waals surface area (Å²) < 4.78 is 0. The first-order chi connectivity index (χ1) is 7.40. The largest absolute Gasteiger partial charge is 0.396 e. The van der Waals surface area contributed by atoms with Crippen molar-refractivity contribution in [1.29, 1.82) is 0 Å². The molecule has 2 rings (SSSR count). The number of aliphatic hydroxyl groups is 1. The van der Waals surface area contributed by atoms with Crippen molar-refractivity contribution in [3.63, 3.8) is 0 Å². The second-order valence-electron chi connectivity index (χ2n) is 5.31. The van der Waals surface area contributed by atoms with Gasteiger partial charge in [0.1, 0.15) is 0 Å². The van der Waals surface area contributed by atoms with Gasteiger partial charge in [-0.2, -0.15) is 0 Å². The van der Waals surface area contributed by atoms with E-state index < -0.39 is 0 Å². The SMILES string of the molecule is OCC1CCN(C2CCCCCC2)CC1. The molecule has 1 saturated carbocycles. The van der Waals surface area contributed by atoms with E-state index in [4.69, 9.17) is 5.11 Å². The highest BCUT2D eigenvalue weighted by atomic mass is 16.3. The summed E-state index contributed by atoms with van der Waals surface area (Å²) >= 11 is 0. The predicted molar refractivity (Wildman–Crippen MR) is 62.9 cm³/mol. The lowest BCUT2D eigenvalue weighted by Gasteiger charge is -2.36. The van der Waals surface area contributed by atoms with Gasteiger partial charge >= 0.3 is 0 Å². The van der Waals surface area contributed by atoms with Crippen LogP contribution in [-0.2, 0) is 0 Å². The molecule has 2 fully saturated rings. The van der Waals surface area contributed by atoms with Crippen LogP contribution in [0, 0.1) is 5.92 Å². The van der Waals surface area contributed by atoms with E-state index in [9.17, 15) is 0 Å². The first-order valence-electron chi connectivity index (χ1n) is 6.75. The average Bonchev–Trinajstić information content (AvgIpc) is 2.58. The molecule has 1 saturated heterocycles. The fourth-order valence-corrected chi connectivity index (χ4v) is 3.12. The zero-order valence-electron chi connectivity index (χ0n) is 9.83. The monoisotopic (exact) mass is 211 g/mol. The van der Waals surface area contributed by atoms with Gasteiger partial charge in [-0.25, -0.2) is 0 Å². The molecule has 88 valence electrons. The van der Waals surface area contributed by atoms with Gasteiger partial charge in [-0.3, -0.25) is 0 Å². The van der Waals surface area contributed by atoms with Crippen molar-refractivity contribution in [1.82, 2.24) is 4.90 Å². The summed E-state index contributed by atoms with van der Waals surface area (Å²) in [6.45, 7) is 2.87. The van der Waals surface area contributed by atoms with E-state index in [0.717, 1.165) is 6.04 Å². The van der Waals surface area contributed by atoms with Gasteiger partial charge in [-0.05, 0) is 44.7 Å². The Morgan fingerprint density at radius 2 is 1.47 bits per heavy atom. The molecule has 1 N–H and O–H groups in total. The van der Waals surface area contributed by atoms with E-state index in [0.29, 0.717) is 12.5 Å². The zero-order chi connectivity index (χ0) is 10.5. The van der Waals surface area contributed by atoms with E-state index >= 15 is 0 Å². The highest BCUT2D eigenvalue weighted by Gasteiger charge is 2.24. The van der Waals surface area contributed by atoms with Crippen LogP contribution in [0.15, 0.2) is 0 Å². The number of nitrogens with zero attached hydrogens (tertiary/aromatic N) is 1. The van der Waals surface area contributed by atoms with Crippen LogP contribution < -0.4 is 0 Å². The molecule has 15 heavy (non-hydrogen) atoms. The molecule has 0 unspecified atom stereocenters. The van der Waals surface area contributed by atoms with Gasteiger partial charge in [0.25, 0.3) is 0 Å². The van der Waals surface area contributed by atoms with Crippen molar-refractivity contribution in [2.45, 2.75) is 57.4 Å². The Kier molecular flexibility index (Phi) is 4.45. The van der Waals surface area contributed by atoms with Gasteiger partial charge in [-0.15, -0.1) is 0 Å². The lowest BCUT2D eigenvalue weighted by Crippen LogP contribution is -2.41. The predicted octanol–water partition coefficient (Wildman–Crippen LogP) is 2.41. The van der Waals surface area contributed by atoms with Crippen molar-refractivity contribution >= 4 is 0 Å². The van der Waals surface area contributed by atoms with E-state index in [2.05, 4.69) is 4.90 Å². The first kappa shape index (κ1) is 11.4. The Balaban J connectivity index is 1.78. The molecule has 0 spiro atoms. The third-order valence-corrected chi connectivity index (χ3v) is 4.25. The van der Waals surface area contributed by atoms with Crippen molar-refractivity contribution in [3.8, 4) is 0 Å². The molecule has 0 aromatic carbocycles. The fourth-order valence-electron chi connectivity index (χ4n) is 3.12. The molecule has 2 nitrogen and oxygen atoms in total. The molecule has 0 amide bonds. The molecular formula is C13H25NO. The normalized spacial score (nSPS) is 27.8. The fraction of sp³-hybridized carbons (Fsp3) is 1.00. The van der Waals surface area contributed by atoms with Gasteiger partial charge in [0, 0.05) is 12.6 Å². The van der Waals surface area contributed by atoms with Crippen LogP contribution in [0.25, 0.3) is 0 Å². The van der Waals surface area contributed by atoms with Crippen LogP contribution >= 0.6 is 0 Å². The zero-order valence-corrected chi connectivity index (χ0v) is 9.83. The van der Waals surface area contributed by atoms with E-state index in [1.807, 2.05) is 0 Å². The van der Waals surface area contributed by atoms with E-state index in [-0.39, 0.29) is 0 Å². The molecule has 1 heterocycles. The quantitative estimate of drug-likeness (QED) is 0.709. The highest BCUT2D eigenvalue weighted by molar-refractivity contribution is 4.79. The van der Waals surface area contributed by atoms with Crippen LogP contribution in [0.3, 0.4) is 0 Å². The molecule has 0 atom stereocenters. The number of rotatable bonds is 2. The molecule has 2 aliphatic rings. The van der Waals surface area contributed by atoms with Crippen molar-refractivity contribution in [3.05, 3.63) is 0 Å². The maximum absolute atomic E-state index is 9.11. The van der Waals surface area contributed by atoms with Gasteiger partial charge in [0.05, 0.1) is 0 Å². The molecule has 0 aromatic heterocycles. The minimum Gasteiger partial charge on any atom is -0.396 e. The minimum atomic E-state index is 0.401. The summed E-state index contributed by atoms with van der Waals surface area (Å²) in [7, 11) is 0. The molecular weight excluding hydrogens is 186 g/mol. The Morgan fingerprint density at radius 3 is 2.00 bits per heavy atom. The Labute approximate surface area is 93.7 Å². The van der Waals surface area contributed by atoms with Crippen LogP contribution in [0.1, 0.15) is 51.4 Å². The molecule has 1 aliphatic carbocycles. The van der Waals surface area contributed by atoms with Crippen molar-refractivity contribution in [2.24, 2.45) is 5.92 Å². The summed E-state index contributed by atoms with van der Waals surface area (Å²) in [5, 5.41) is 9.11. The third kappa shape index (κ3) is 3.18. The summed E-state index contributed by atoms with van der Waals surface area (Å²) in [6, 6.07) is 0.868. The van der Waals surface area contributed by atoms with Gasteiger partial charge in [0.2, 0.25) is 0 Å². The molecule has 2 heteroatoms. The highest BCUT2D eigenvalue weighted by Crippen LogP contribution is 2.26. The van der Waals surface area contributed by atoms with E-state index in [1.165, 1.54) is 64.5 Å². The second-order valence-corrected chi connectivity index (χ2v) is 5.31. The summed E-state index contributed by atoms with van der Waals surface area (Å²) in [5.74, 6) is 0.590. The lowest BCUT2D eigenvalue weighted by atomic mass is 9.95. The Bertz CT molecular complexity index is 167. The summed E-state index contributed by atoms with van der Waals surface area (Å²) in [5.41, 5.74) is 0. The standard InChI is InChI=1S/C13H25NO/c15-11-12-7-9-14(10-8-12)13-5-3-1-2-4-6-13/h12-13,15H,1-11H2. The van der Waals surface area contributed by atoms with Gasteiger partial charge in [0.15, 0.2) is 0 Å². The molecule has 1 aliphatic heterocycles. The number of hydrogen-bond donors (Lipinski definition) is 1. The summed E-state index contributed by atoms with van der Waals surface area (Å²) in [6.07, 6.45) is 11.0. The van der Waals surface area contributed by atoms with Crippen molar-refractivity contribution in [2.75, 3.05) is 19.7 Å². The summed E-state index contributed by atoms with van der Waals surface area (Å²) in [4.78, 5) is 2.69. The second kappa shape index (κ2) is 5.86. The van der Waals surface area contributed by atoms with Crippen LogP contribution in [0.4, 0.5) is 0 Å².